The first-order valence-corrected chi connectivity index (χ1v) is 8.61. The molecule has 0 amide bonds. The molecule has 0 unspecified atom stereocenters. The van der Waals surface area contributed by atoms with Crippen molar-refractivity contribution in [2.24, 2.45) is 0 Å². The van der Waals surface area contributed by atoms with E-state index in [0.29, 0.717) is 0 Å². The number of anilines is 1. The fourth-order valence-electron chi connectivity index (χ4n) is 1.91. The maximum atomic E-state index is 4.82. The van der Waals surface area contributed by atoms with Crippen molar-refractivity contribution < 1.29 is 0 Å². The van der Waals surface area contributed by atoms with Gasteiger partial charge in [0.2, 0.25) is 0 Å². The summed E-state index contributed by atoms with van der Waals surface area (Å²) in [7, 11) is 1.91. The highest BCUT2D eigenvalue weighted by molar-refractivity contribution is 14.1. The molecule has 108 valence electrons. The minimum atomic E-state index is 0.00462. The molecular formula is C15H20IN3S. The predicted octanol–water partition coefficient (Wildman–Crippen LogP) is 4.71. The summed E-state index contributed by atoms with van der Waals surface area (Å²) in [6.07, 6.45) is 1.06. The number of nitrogens with zero attached hydrogens (tertiary/aromatic N) is 2. The van der Waals surface area contributed by atoms with Gasteiger partial charge in [0.15, 0.2) is 5.82 Å². The highest BCUT2D eigenvalue weighted by Gasteiger charge is 2.23. The molecule has 2 aromatic heterocycles. The number of hydrogen-bond acceptors (Lipinski definition) is 4. The van der Waals surface area contributed by atoms with Crippen LogP contribution >= 0.6 is 33.9 Å². The largest absolute Gasteiger partial charge is 0.372 e. The van der Waals surface area contributed by atoms with E-state index in [1.807, 2.05) is 7.05 Å². The fraction of sp³-hybridized carbons (Fsp3) is 0.467. The first-order valence-electron chi connectivity index (χ1n) is 6.71. The summed E-state index contributed by atoms with van der Waals surface area (Å²) >= 11 is 4.11. The van der Waals surface area contributed by atoms with Crippen molar-refractivity contribution in [2.45, 2.75) is 39.5 Å². The lowest BCUT2D eigenvalue weighted by Gasteiger charge is -2.21. The number of hydrogen-bond donors (Lipinski definition) is 1. The zero-order valence-electron chi connectivity index (χ0n) is 12.5. The molecule has 0 aliphatic carbocycles. The second-order valence-electron chi connectivity index (χ2n) is 5.68. The van der Waals surface area contributed by atoms with E-state index in [0.717, 1.165) is 32.2 Å². The Hall–Kier alpha value is -0.690. The highest BCUT2D eigenvalue weighted by atomic mass is 127. The maximum Gasteiger partial charge on any atom is 0.171 e. The second kappa shape index (κ2) is 5.97. The van der Waals surface area contributed by atoms with Gasteiger partial charge in [-0.15, -0.1) is 11.3 Å². The van der Waals surface area contributed by atoms with Crippen LogP contribution in [0.25, 0.3) is 10.7 Å². The van der Waals surface area contributed by atoms with Gasteiger partial charge in [0.05, 0.1) is 14.1 Å². The lowest BCUT2D eigenvalue weighted by molar-refractivity contribution is 0.564. The monoisotopic (exact) mass is 401 g/mol. The summed E-state index contributed by atoms with van der Waals surface area (Å²) in [6, 6.07) is 4.29. The van der Waals surface area contributed by atoms with Crippen LogP contribution in [0.2, 0.25) is 0 Å². The molecule has 1 N–H and O–H groups in total. The first kappa shape index (κ1) is 15.7. The Balaban J connectivity index is 2.59. The second-order valence-corrected chi connectivity index (χ2v) is 7.92. The average molecular weight is 401 g/mol. The van der Waals surface area contributed by atoms with Crippen LogP contribution in [0.1, 0.15) is 38.3 Å². The molecule has 0 bridgehead atoms. The standard InChI is InChI=1S/C15H20IN3S/c1-6-9-7-8-10(20-9)13-18-12(15(2,3)4)11(16)14(17-5)19-13/h7-8H,6H2,1-5H3,(H,17,18,19). The molecule has 0 aliphatic heterocycles. The topological polar surface area (TPSA) is 37.8 Å². The summed E-state index contributed by atoms with van der Waals surface area (Å²) in [5, 5.41) is 3.18. The molecule has 2 rings (SSSR count). The quantitative estimate of drug-likeness (QED) is 0.757. The molecule has 2 heterocycles. The molecule has 0 atom stereocenters. The van der Waals surface area contributed by atoms with Gasteiger partial charge in [-0.25, -0.2) is 9.97 Å². The van der Waals surface area contributed by atoms with Crippen molar-refractivity contribution in [3.05, 3.63) is 26.3 Å². The number of rotatable bonds is 3. The summed E-state index contributed by atoms with van der Waals surface area (Å²) in [4.78, 5) is 12.0. The van der Waals surface area contributed by atoms with E-state index in [4.69, 9.17) is 4.98 Å². The molecule has 20 heavy (non-hydrogen) atoms. The van der Waals surface area contributed by atoms with E-state index >= 15 is 0 Å². The van der Waals surface area contributed by atoms with E-state index in [1.165, 1.54) is 4.88 Å². The Morgan fingerprint density at radius 3 is 2.45 bits per heavy atom. The first-order chi connectivity index (χ1) is 9.36. The van der Waals surface area contributed by atoms with Gasteiger partial charge in [-0.1, -0.05) is 27.7 Å². The van der Waals surface area contributed by atoms with Crippen LogP contribution in [0.4, 0.5) is 5.82 Å². The number of halogens is 1. The van der Waals surface area contributed by atoms with Crippen LogP contribution in [0.3, 0.4) is 0 Å². The van der Waals surface area contributed by atoms with Crippen molar-refractivity contribution in [1.29, 1.82) is 0 Å². The smallest absolute Gasteiger partial charge is 0.171 e. The third kappa shape index (κ3) is 3.14. The van der Waals surface area contributed by atoms with Crippen molar-refractivity contribution in [3.8, 4) is 10.7 Å². The molecule has 0 spiro atoms. The zero-order valence-corrected chi connectivity index (χ0v) is 15.5. The molecule has 0 aliphatic rings. The molecule has 0 fully saturated rings. The van der Waals surface area contributed by atoms with E-state index < -0.39 is 0 Å². The number of aromatic nitrogens is 2. The van der Waals surface area contributed by atoms with Gasteiger partial charge >= 0.3 is 0 Å². The average Bonchev–Trinajstić information content (AvgIpc) is 2.86. The Labute approximate surface area is 138 Å². The summed E-state index contributed by atoms with van der Waals surface area (Å²) in [5.41, 5.74) is 1.10. The predicted molar refractivity (Wildman–Crippen MR) is 95.7 cm³/mol. The molecule has 0 saturated heterocycles. The van der Waals surface area contributed by atoms with Gasteiger partial charge < -0.3 is 5.32 Å². The lowest BCUT2D eigenvalue weighted by Crippen LogP contribution is -2.18. The van der Waals surface area contributed by atoms with Crippen LogP contribution in [0.5, 0.6) is 0 Å². The maximum absolute atomic E-state index is 4.82. The minimum Gasteiger partial charge on any atom is -0.372 e. The summed E-state index contributed by atoms with van der Waals surface area (Å²) in [6.45, 7) is 8.73. The third-order valence-electron chi connectivity index (χ3n) is 3.03. The molecular weight excluding hydrogens is 381 g/mol. The molecule has 5 heteroatoms. The molecule has 3 nitrogen and oxygen atoms in total. The van der Waals surface area contributed by atoms with Crippen LogP contribution < -0.4 is 5.32 Å². The molecule has 0 saturated carbocycles. The Morgan fingerprint density at radius 2 is 1.95 bits per heavy atom. The number of thiophene rings is 1. The fourth-order valence-corrected chi connectivity index (χ4v) is 4.11. The SMILES string of the molecule is CCc1ccc(-c2nc(NC)c(I)c(C(C)(C)C)n2)s1. The van der Waals surface area contributed by atoms with Crippen molar-refractivity contribution in [3.63, 3.8) is 0 Å². The van der Waals surface area contributed by atoms with E-state index in [-0.39, 0.29) is 5.41 Å². The molecule has 2 aromatic rings. The number of nitrogens with one attached hydrogen (secondary N) is 1. The van der Waals surface area contributed by atoms with Crippen molar-refractivity contribution in [2.75, 3.05) is 12.4 Å². The van der Waals surface area contributed by atoms with Gasteiger partial charge in [0.25, 0.3) is 0 Å². The van der Waals surface area contributed by atoms with Crippen LogP contribution in [-0.2, 0) is 11.8 Å². The minimum absolute atomic E-state index is 0.00462. The van der Waals surface area contributed by atoms with E-state index in [9.17, 15) is 0 Å². The highest BCUT2D eigenvalue weighted by Crippen LogP contribution is 2.33. The van der Waals surface area contributed by atoms with Crippen LogP contribution in [0, 0.1) is 3.57 Å². The number of aryl methyl sites for hydroxylation is 1. The molecule has 0 radical (unpaired) electrons. The van der Waals surface area contributed by atoms with Gasteiger partial charge in [-0.05, 0) is 41.1 Å². The zero-order chi connectivity index (χ0) is 14.9. The summed E-state index contributed by atoms with van der Waals surface area (Å²) < 4.78 is 1.11. The van der Waals surface area contributed by atoms with E-state index in [2.05, 4.69) is 72.7 Å². The van der Waals surface area contributed by atoms with Crippen LogP contribution in [0.15, 0.2) is 12.1 Å². The Morgan fingerprint density at radius 1 is 1.25 bits per heavy atom. The van der Waals surface area contributed by atoms with Gasteiger partial charge in [0.1, 0.15) is 5.82 Å². The third-order valence-corrected chi connectivity index (χ3v) is 5.28. The molecule has 0 aromatic carbocycles. The van der Waals surface area contributed by atoms with Crippen molar-refractivity contribution >= 4 is 39.7 Å². The Kier molecular flexibility index (Phi) is 4.69. The van der Waals surface area contributed by atoms with Gasteiger partial charge in [-0.3, -0.25) is 0 Å². The van der Waals surface area contributed by atoms with Crippen molar-refractivity contribution in [1.82, 2.24) is 9.97 Å². The normalized spacial score (nSPS) is 11.7. The van der Waals surface area contributed by atoms with Gasteiger partial charge in [0, 0.05) is 17.3 Å². The Bertz CT molecular complexity index is 614. The van der Waals surface area contributed by atoms with E-state index in [1.54, 1.807) is 11.3 Å². The summed E-state index contributed by atoms with van der Waals surface area (Å²) in [5.74, 6) is 1.73. The lowest BCUT2D eigenvalue weighted by atomic mass is 9.92. The van der Waals surface area contributed by atoms with Gasteiger partial charge in [-0.2, -0.15) is 0 Å². The van der Waals surface area contributed by atoms with Crippen LogP contribution in [-0.4, -0.2) is 17.0 Å².